The molecule has 0 N–H and O–H groups in total. The number of halogens is 1. The van der Waals surface area contributed by atoms with E-state index in [1.54, 1.807) is 12.1 Å². The molecule has 0 spiro atoms. The number of unbranched alkanes of at least 4 members (excludes halogenated alkanes) is 1. The summed E-state index contributed by atoms with van der Waals surface area (Å²) in [6.07, 6.45) is 1.92. The van der Waals surface area contributed by atoms with Crippen molar-refractivity contribution in [2.45, 2.75) is 33.2 Å². The molecule has 4 heteroatoms. The van der Waals surface area contributed by atoms with Gasteiger partial charge in [-0.25, -0.2) is 9.37 Å². The van der Waals surface area contributed by atoms with E-state index in [1.165, 1.54) is 23.3 Å². The Labute approximate surface area is 170 Å². The highest BCUT2D eigenvalue weighted by molar-refractivity contribution is 5.80. The number of rotatable bonds is 7. The second-order valence-corrected chi connectivity index (χ2v) is 7.34. The summed E-state index contributed by atoms with van der Waals surface area (Å²) in [5.74, 6) is 1.60. The molecule has 3 aromatic carbocycles. The summed E-state index contributed by atoms with van der Waals surface area (Å²) in [5.41, 5.74) is 5.43. The number of imidazole rings is 1. The van der Waals surface area contributed by atoms with Crippen LogP contribution < -0.4 is 4.74 Å². The van der Waals surface area contributed by atoms with Crippen LogP contribution in [0.15, 0.2) is 66.7 Å². The third kappa shape index (κ3) is 4.16. The van der Waals surface area contributed by atoms with Gasteiger partial charge in [0, 0.05) is 12.1 Å². The summed E-state index contributed by atoms with van der Waals surface area (Å²) in [6.45, 7) is 5.72. The molecule has 0 fully saturated rings. The zero-order chi connectivity index (χ0) is 20.2. The van der Waals surface area contributed by atoms with Crippen LogP contribution in [0.3, 0.4) is 0 Å². The molecule has 0 unspecified atom stereocenters. The van der Waals surface area contributed by atoms with Crippen molar-refractivity contribution >= 4 is 11.0 Å². The van der Waals surface area contributed by atoms with Gasteiger partial charge in [-0.2, -0.15) is 0 Å². The Hall–Kier alpha value is -3.14. The van der Waals surface area contributed by atoms with Gasteiger partial charge in [0.25, 0.3) is 0 Å². The second kappa shape index (κ2) is 8.48. The van der Waals surface area contributed by atoms with Crippen molar-refractivity contribution in [1.82, 2.24) is 9.55 Å². The van der Waals surface area contributed by atoms with Gasteiger partial charge >= 0.3 is 0 Å². The molecule has 0 bridgehead atoms. The first-order valence-corrected chi connectivity index (χ1v) is 10.0. The predicted molar refractivity (Wildman–Crippen MR) is 116 cm³/mol. The molecule has 0 saturated carbocycles. The second-order valence-electron chi connectivity index (χ2n) is 7.34. The monoisotopic (exact) mass is 388 g/mol. The van der Waals surface area contributed by atoms with Crippen LogP contribution >= 0.6 is 0 Å². The van der Waals surface area contributed by atoms with E-state index in [2.05, 4.69) is 30.5 Å². The highest BCUT2D eigenvalue weighted by Gasteiger charge is 2.12. The quantitative estimate of drug-likeness (QED) is 0.347. The maximum Gasteiger partial charge on any atom is 0.141 e. The summed E-state index contributed by atoms with van der Waals surface area (Å²) in [4.78, 5) is 4.79. The molecule has 4 aromatic rings. The number of ether oxygens (including phenoxy) is 1. The first kappa shape index (κ1) is 19.2. The number of nitrogens with zero attached hydrogens (tertiary/aromatic N) is 2. The first-order valence-electron chi connectivity index (χ1n) is 10.0. The van der Waals surface area contributed by atoms with E-state index in [1.807, 2.05) is 30.3 Å². The molecular weight excluding hydrogens is 363 g/mol. The zero-order valence-corrected chi connectivity index (χ0v) is 16.9. The Morgan fingerprint density at radius 2 is 1.69 bits per heavy atom. The van der Waals surface area contributed by atoms with E-state index in [4.69, 9.17) is 9.72 Å². The Kier molecular flexibility index (Phi) is 5.61. The molecule has 29 heavy (non-hydrogen) atoms. The standard InChI is InChI=1S/C25H25FN2O/c1-18-8-7-11-24(19(18)2)29-17-6-5-16-28-23-10-4-3-9-22(23)27-25(28)20-12-14-21(26)15-13-20/h3-4,7-15H,5-6,16-17H2,1-2H3. The topological polar surface area (TPSA) is 27.1 Å². The maximum atomic E-state index is 13.3. The van der Waals surface area contributed by atoms with Crippen molar-refractivity contribution in [2.24, 2.45) is 0 Å². The van der Waals surface area contributed by atoms with E-state index in [0.717, 1.165) is 47.6 Å². The van der Waals surface area contributed by atoms with Gasteiger partial charge in [0.05, 0.1) is 17.6 Å². The number of hydrogen-bond donors (Lipinski definition) is 0. The van der Waals surface area contributed by atoms with Gasteiger partial charge in [0.2, 0.25) is 0 Å². The van der Waals surface area contributed by atoms with Crippen LogP contribution in [-0.2, 0) is 6.54 Å². The normalized spacial score (nSPS) is 11.1. The van der Waals surface area contributed by atoms with E-state index >= 15 is 0 Å². The molecular formula is C25H25FN2O. The van der Waals surface area contributed by atoms with Crippen molar-refractivity contribution in [2.75, 3.05) is 6.61 Å². The van der Waals surface area contributed by atoms with Crippen LogP contribution in [-0.4, -0.2) is 16.2 Å². The average Bonchev–Trinajstić information content (AvgIpc) is 3.10. The molecule has 3 nitrogen and oxygen atoms in total. The highest BCUT2D eigenvalue weighted by atomic mass is 19.1. The number of fused-ring (bicyclic) bond motifs is 1. The lowest BCUT2D eigenvalue weighted by Crippen LogP contribution is -2.04. The van der Waals surface area contributed by atoms with Crippen molar-refractivity contribution in [1.29, 1.82) is 0 Å². The zero-order valence-electron chi connectivity index (χ0n) is 16.9. The minimum atomic E-state index is -0.236. The largest absolute Gasteiger partial charge is 0.493 e. The smallest absolute Gasteiger partial charge is 0.141 e. The summed E-state index contributed by atoms with van der Waals surface area (Å²) >= 11 is 0. The van der Waals surface area contributed by atoms with Crippen LogP contribution in [0.5, 0.6) is 5.75 Å². The third-order valence-electron chi connectivity index (χ3n) is 5.35. The number of benzene rings is 3. The predicted octanol–water partition coefficient (Wildman–Crippen LogP) is 6.32. The lowest BCUT2D eigenvalue weighted by Gasteiger charge is -2.12. The Morgan fingerprint density at radius 1 is 0.897 bits per heavy atom. The first-order chi connectivity index (χ1) is 14.1. The fourth-order valence-corrected chi connectivity index (χ4v) is 3.56. The van der Waals surface area contributed by atoms with Gasteiger partial charge in [-0.05, 0) is 80.3 Å². The van der Waals surface area contributed by atoms with E-state index in [-0.39, 0.29) is 5.82 Å². The van der Waals surface area contributed by atoms with Crippen molar-refractivity contribution in [3.05, 3.63) is 83.7 Å². The fraction of sp³-hybridized carbons (Fsp3) is 0.240. The molecule has 0 saturated heterocycles. The van der Waals surface area contributed by atoms with Gasteiger partial charge in [-0.3, -0.25) is 0 Å². The Balaban J connectivity index is 1.46. The molecule has 0 aliphatic rings. The lowest BCUT2D eigenvalue weighted by molar-refractivity contribution is 0.301. The molecule has 0 radical (unpaired) electrons. The summed E-state index contributed by atoms with van der Waals surface area (Å²) in [5, 5.41) is 0. The van der Waals surface area contributed by atoms with Crippen LogP contribution in [0.1, 0.15) is 24.0 Å². The maximum absolute atomic E-state index is 13.3. The van der Waals surface area contributed by atoms with Crippen LogP contribution in [0.4, 0.5) is 4.39 Å². The minimum Gasteiger partial charge on any atom is -0.493 e. The number of para-hydroxylation sites is 2. The highest BCUT2D eigenvalue weighted by Crippen LogP contribution is 2.26. The molecule has 0 aliphatic heterocycles. The summed E-state index contributed by atoms with van der Waals surface area (Å²) < 4.78 is 21.6. The molecule has 4 rings (SSSR count). The van der Waals surface area contributed by atoms with Crippen LogP contribution in [0.25, 0.3) is 22.4 Å². The van der Waals surface area contributed by atoms with E-state index < -0.39 is 0 Å². The molecule has 0 aliphatic carbocycles. The lowest BCUT2D eigenvalue weighted by atomic mass is 10.1. The number of hydrogen-bond acceptors (Lipinski definition) is 2. The summed E-state index contributed by atoms with van der Waals surface area (Å²) in [6, 6.07) is 20.8. The van der Waals surface area contributed by atoms with Gasteiger partial charge in [-0.1, -0.05) is 24.3 Å². The van der Waals surface area contributed by atoms with E-state index in [0.29, 0.717) is 6.61 Å². The number of aryl methyl sites for hydroxylation is 2. The van der Waals surface area contributed by atoms with Crippen molar-refractivity contribution in [3.63, 3.8) is 0 Å². The SMILES string of the molecule is Cc1cccc(OCCCCn2c(-c3ccc(F)cc3)nc3ccccc32)c1C. The van der Waals surface area contributed by atoms with Crippen LogP contribution in [0.2, 0.25) is 0 Å². The molecule has 1 heterocycles. The van der Waals surface area contributed by atoms with Gasteiger partial charge < -0.3 is 9.30 Å². The van der Waals surface area contributed by atoms with Crippen molar-refractivity contribution in [3.8, 4) is 17.1 Å². The Bertz CT molecular complexity index is 1120. The third-order valence-corrected chi connectivity index (χ3v) is 5.35. The number of aromatic nitrogens is 2. The minimum absolute atomic E-state index is 0.236. The van der Waals surface area contributed by atoms with Gasteiger partial charge in [0.15, 0.2) is 0 Å². The molecule has 0 atom stereocenters. The van der Waals surface area contributed by atoms with E-state index in [9.17, 15) is 4.39 Å². The average molecular weight is 388 g/mol. The molecule has 1 aromatic heterocycles. The van der Waals surface area contributed by atoms with Gasteiger partial charge in [-0.15, -0.1) is 0 Å². The van der Waals surface area contributed by atoms with Crippen LogP contribution in [0, 0.1) is 19.7 Å². The Morgan fingerprint density at radius 3 is 2.52 bits per heavy atom. The summed E-state index contributed by atoms with van der Waals surface area (Å²) in [7, 11) is 0. The fourth-order valence-electron chi connectivity index (χ4n) is 3.56. The molecule has 148 valence electrons. The van der Waals surface area contributed by atoms with Crippen molar-refractivity contribution < 1.29 is 9.13 Å². The molecule has 0 amide bonds. The van der Waals surface area contributed by atoms with Gasteiger partial charge in [0.1, 0.15) is 17.4 Å².